The van der Waals surface area contributed by atoms with Crippen molar-refractivity contribution in [1.29, 1.82) is 0 Å². The molecule has 4 N–H and O–H groups in total. The Balaban J connectivity index is 1.87. The summed E-state index contributed by atoms with van der Waals surface area (Å²) in [7, 11) is 0. The lowest BCUT2D eigenvalue weighted by Crippen LogP contribution is -2.19. The quantitative estimate of drug-likeness (QED) is 0.306. The Morgan fingerprint density at radius 2 is 1.97 bits per heavy atom. The van der Waals surface area contributed by atoms with Gasteiger partial charge >= 0.3 is 0 Å². The number of carbonyl (C=O) groups excluding carboxylic acids is 1. The Hall–Kier alpha value is -3.75. The van der Waals surface area contributed by atoms with E-state index >= 15 is 0 Å². The highest BCUT2D eigenvalue weighted by molar-refractivity contribution is 6.06. The summed E-state index contributed by atoms with van der Waals surface area (Å²) in [4.78, 5) is 20.6. The van der Waals surface area contributed by atoms with Crippen molar-refractivity contribution >= 4 is 16.8 Å². The number of amides is 1. The highest BCUT2D eigenvalue weighted by Gasteiger charge is 2.13. The van der Waals surface area contributed by atoms with Gasteiger partial charge in [0, 0.05) is 35.3 Å². The van der Waals surface area contributed by atoms with E-state index in [1.807, 2.05) is 12.1 Å². The number of fused-ring (bicyclic) bond motifs is 1. The number of aliphatic hydroxyl groups is 2. The lowest BCUT2D eigenvalue weighted by molar-refractivity contribution is 0.0708. The lowest BCUT2D eigenvalue weighted by Gasteiger charge is -2.08. The van der Waals surface area contributed by atoms with Crippen molar-refractivity contribution in [2.75, 3.05) is 6.61 Å². The molecule has 0 aliphatic rings. The van der Waals surface area contributed by atoms with Gasteiger partial charge in [0.1, 0.15) is 0 Å². The summed E-state index contributed by atoms with van der Waals surface area (Å²) in [5.41, 5.74) is 4.59. The molecular weight excluding hydrogens is 370 g/mol. The summed E-state index contributed by atoms with van der Waals surface area (Å²) in [6.45, 7) is -0.329. The molecule has 0 saturated carbocycles. The second-order valence-electron chi connectivity index (χ2n) is 6.06. The van der Waals surface area contributed by atoms with Crippen LogP contribution in [-0.2, 0) is 0 Å². The SMILES string of the molecule is O=C(NO)c1cc(-c2ccc(C#CC#CCC(O)CO)cc2)nc2ccncc12. The van der Waals surface area contributed by atoms with E-state index in [0.29, 0.717) is 16.6 Å². The van der Waals surface area contributed by atoms with Crippen LogP contribution in [0.15, 0.2) is 48.8 Å². The number of nitrogens with one attached hydrogen (secondary N) is 1. The highest BCUT2D eigenvalue weighted by atomic mass is 16.5. The van der Waals surface area contributed by atoms with Gasteiger partial charge in [0.15, 0.2) is 0 Å². The van der Waals surface area contributed by atoms with Crippen LogP contribution in [-0.4, -0.2) is 44.0 Å². The fourth-order valence-electron chi connectivity index (χ4n) is 2.57. The van der Waals surface area contributed by atoms with E-state index in [2.05, 4.69) is 33.6 Å². The van der Waals surface area contributed by atoms with Gasteiger partial charge in [-0.25, -0.2) is 10.5 Å². The number of pyridine rings is 2. The van der Waals surface area contributed by atoms with Gasteiger partial charge in [0.25, 0.3) is 5.91 Å². The molecule has 0 aliphatic heterocycles. The Morgan fingerprint density at radius 3 is 2.69 bits per heavy atom. The van der Waals surface area contributed by atoms with Crippen molar-refractivity contribution in [3.05, 3.63) is 59.9 Å². The molecule has 0 saturated heterocycles. The molecule has 0 aliphatic carbocycles. The molecule has 2 aromatic heterocycles. The molecule has 3 rings (SSSR count). The molecule has 0 fully saturated rings. The summed E-state index contributed by atoms with van der Waals surface area (Å²) < 4.78 is 0. The molecule has 0 bridgehead atoms. The van der Waals surface area contributed by atoms with Crippen molar-refractivity contribution in [2.45, 2.75) is 12.5 Å². The highest BCUT2D eigenvalue weighted by Crippen LogP contribution is 2.24. The standard InChI is InChI=1S/C22H17N3O4/c26-14-17(27)5-3-1-2-4-15-6-8-16(9-7-15)21-12-18(22(28)25-29)19-13-23-11-10-20(19)24-21/h6-13,17,26-27,29H,5,14H2,(H,25,28). The van der Waals surface area contributed by atoms with E-state index in [-0.39, 0.29) is 18.6 Å². The monoisotopic (exact) mass is 387 g/mol. The minimum atomic E-state index is -0.855. The Labute approximate surface area is 167 Å². The molecule has 3 aromatic rings. The van der Waals surface area contributed by atoms with Crippen LogP contribution >= 0.6 is 0 Å². The van der Waals surface area contributed by atoms with Gasteiger partial charge < -0.3 is 10.2 Å². The molecular formula is C22H17N3O4. The van der Waals surface area contributed by atoms with Crippen molar-refractivity contribution in [3.8, 4) is 34.9 Å². The first-order valence-electron chi connectivity index (χ1n) is 8.70. The third kappa shape index (κ3) is 4.95. The van der Waals surface area contributed by atoms with Crippen molar-refractivity contribution in [1.82, 2.24) is 15.4 Å². The van der Waals surface area contributed by atoms with Crippen molar-refractivity contribution in [2.24, 2.45) is 0 Å². The molecule has 1 unspecified atom stereocenters. The maximum atomic E-state index is 12.0. The first kappa shape index (κ1) is 20.0. The number of benzene rings is 1. The predicted molar refractivity (Wildman–Crippen MR) is 107 cm³/mol. The maximum absolute atomic E-state index is 12.0. The lowest BCUT2D eigenvalue weighted by atomic mass is 10.0. The van der Waals surface area contributed by atoms with Crippen LogP contribution in [0.4, 0.5) is 0 Å². The van der Waals surface area contributed by atoms with Gasteiger partial charge in [-0.1, -0.05) is 24.0 Å². The number of rotatable bonds is 4. The molecule has 144 valence electrons. The first-order chi connectivity index (χ1) is 14.1. The van der Waals surface area contributed by atoms with Crippen LogP contribution in [0.3, 0.4) is 0 Å². The van der Waals surface area contributed by atoms with Gasteiger partial charge in [0.2, 0.25) is 0 Å². The fraction of sp³-hybridized carbons (Fsp3) is 0.136. The van der Waals surface area contributed by atoms with E-state index in [1.54, 1.807) is 35.9 Å². The molecule has 2 heterocycles. The van der Waals surface area contributed by atoms with E-state index in [1.165, 1.54) is 6.20 Å². The summed E-state index contributed by atoms with van der Waals surface area (Å²) in [6.07, 6.45) is 2.41. The molecule has 29 heavy (non-hydrogen) atoms. The average Bonchev–Trinajstić information content (AvgIpc) is 2.77. The molecule has 1 amide bonds. The third-order valence-corrected chi connectivity index (χ3v) is 4.04. The second kappa shape index (κ2) is 9.45. The normalized spacial score (nSPS) is 11.0. The van der Waals surface area contributed by atoms with E-state index in [9.17, 15) is 9.90 Å². The zero-order valence-electron chi connectivity index (χ0n) is 15.3. The fourth-order valence-corrected chi connectivity index (χ4v) is 2.57. The van der Waals surface area contributed by atoms with Gasteiger partial charge in [-0.3, -0.25) is 15.0 Å². The molecule has 7 nitrogen and oxygen atoms in total. The number of hydrogen-bond donors (Lipinski definition) is 4. The van der Waals surface area contributed by atoms with E-state index < -0.39 is 12.0 Å². The number of carbonyl (C=O) groups is 1. The minimum absolute atomic E-state index is 0.164. The van der Waals surface area contributed by atoms with Gasteiger partial charge in [-0.05, 0) is 36.1 Å². The van der Waals surface area contributed by atoms with E-state index in [0.717, 1.165) is 11.1 Å². The largest absolute Gasteiger partial charge is 0.394 e. The third-order valence-electron chi connectivity index (χ3n) is 4.04. The van der Waals surface area contributed by atoms with Gasteiger partial charge in [-0.2, -0.15) is 0 Å². The summed E-state index contributed by atoms with van der Waals surface area (Å²) in [6, 6.07) is 10.5. The first-order valence-corrected chi connectivity index (χ1v) is 8.70. The van der Waals surface area contributed by atoms with Crippen LogP contribution in [0.25, 0.3) is 22.2 Å². The smallest absolute Gasteiger partial charge is 0.275 e. The molecule has 1 aromatic carbocycles. The van der Waals surface area contributed by atoms with Crippen molar-refractivity contribution in [3.63, 3.8) is 0 Å². The van der Waals surface area contributed by atoms with Gasteiger partial charge in [0.05, 0.1) is 29.5 Å². The number of aliphatic hydroxyl groups excluding tert-OH is 2. The second-order valence-corrected chi connectivity index (χ2v) is 6.06. The van der Waals surface area contributed by atoms with Crippen LogP contribution in [0.2, 0.25) is 0 Å². The van der Waals surface area contributed by atoms with E-state index in [4.69, 9.17) is 10.3 Å². The van der Waals surface area contributed by atoms with Crippen LogP contribution in [0.5, 0.6) is 0 Å². The van der Waals surface area contributed by atoms with Crippen LogP contribution < -0.4 is 5.48 Å². The number of nitrogens with zero attached hydrogens (tertiary/aromatic N) is 2. The minimum Gasteiger partial charge on any atom is -0.394 e. The molecule has 0 spiro atoms. The summed E-state index contributed by atoms with van der Waals surface area (Å²) in [5.74, 6) is 10.2. The predicted octanol–water partition coefficient (Wildman–Crippen LogP) is 1.51. The zero-order chi connectivity index (χ0) is 20.6. The number of hydroxylamine groups is 1. The topological polar surface area (TPSA) is 116 Å². The van der Waals surface area contributed by atoms with Crippen LogP contribution in [0, 0.1) is 23.7 Å². The van der Waals surface area contributed by atoms with Crippen LogP contribution in [0.1, 0.15) is 22.3 Å². The Bertz CT molecular complexity index is 1150. The van der Waals surface area contributed by atoms with Crippen molar-refractivity contribution < 1.29 is 20.2 Å². The maximum Gasteiger partial charge on any atom is 0.275 e. The summed E-state index contributed by atoms with van der Waals surface area (Å²) >= 11 is 0. The summed E-state index contributed by atoms with van der Waals surface area (Å²) in [5, 5.41) is 27.5. The average molecular weight is 387 g/mol. The Kier molecular flexibility index (Phi) is 6.51. The zero-order valence-corrected chi connectivity index (χ0v) is 15.3. The molecule has 0 radical (unpaired) electrons. The van der Waals surface area contributed by atoms with Gasteiger partial charge in [-0.15, -0.1) is 0 Å². The Morgan fingerprint density at radius 1 is 1.17 bits per heavy atom. The number of aromatic nitrogens is 2. The molecule has 1 atom stereocenters. The number of hydrogen-bond acceptors (Lipinski definition) is 6. The molecule has 7 heteroatoms.